The Labute approximate surface area is 191 Å². The fraction of sp³-hybridized carbons (Fsp3) is 0.321. The zero-order valence-electron chi connectivity index (χ0n) is 19.5. The number of carbonyl (C=O) groups excluding carboxylic acids is 1. The van der Waals surface area contributed by atoms with Crippen molar-refractivity contribution >= 4 is 5.78 Å². The molecule has 32 heavy (non-hydrogen) atoms. The van der Waals surface area contributed by atoms with E-state index in [0.29, 0.717) is 5.56 Å². The molecule has 170 valence electrons. The lowest BCUT2D eigenvalue weighted by Gasteiger charge is -2.12. The molecular formula is C28H34O4. The predicted octanol–water partition coefficient (Wildman–Crippen LogP) is 7.00. The van der Waals surface area contributed by atoms with Crippen molar-refractivity contribution in [1.82, 2.24) is 0 Å². The molecule has 4 heteroatoms. The number of phenolic OH excluding ortho intramolecular Hbond substituents is 3. The predicted molar refractivity (Wildman–Crippen MR) is 130 cm³/mol. The Hall–Kier alpha value is -3.27. The number of phenols is 3. The van der Waals surface area contributed by atoms with E-state index < -0.39 is 11.5 Å². The van der Waals surface area contributed by atoms with E-state index in [9.17, 15) is 20.1 Å². The first-order valence-corrected chi connectivity index (χ1v) is 11.0. The molecule has 0 radical (unpaired) electrons. The van der Waals surface area contributed by atoms with Crippen LogP contribution in [0.1, 0.15) is 74.9 Å². The molecule has 0 aromatic heterocycles. The van der Waals surface area contributed by atoms with Gasteiger partial charge in [0.05, 0.1) is 0 Å². The van der Waals surface area contributed by atoms with Gasteiger partial charge in [0, 0.05) is 17.2 Å². The molecule has 0 spiro atoms. The van der Waals surface area contributed by atoms with E-state index in [1.165, 1.54) is 11.1 Å². The van der Waals surface area contributed by atoms with Crippen LogP contribution in [0.4, 0.5) is 0 Å². The summed E-state index contributed by atoms with van der Waals surface area (Å²) in [5, 5.41) is 31.1. The molecule has 0 saturated heterocycles. The third kappa shape index (κ3) is 7.16. The normalized spacial score (nSPS) is 12.0. The number of carbonyl (C=O) groups is 1. The quantitative estimate of drug-likeness (QED) is 0.278. The van der Waals surface area contributed by atoms with Crippen molar-refractivity contribution in [3.8, 4) is 17.2 Å². The van der Waals surface area contributed by atoms with E-state index in [0.717, 1.165) is 37.3 Å². The van der Waals surface area contributed by atoms with Gasteiger partial charge in [-0.15, -0.1) is 0 Å². The molecule has 0 amide bonds. The lowest BCUT2D eigenvalue weighted by atomic mass is 9.96. The van der Waals surface area contributed by atoms with Crippen molar-refractivity contribution < 1.29 is 20.1 Å². The monoisotopic (exact) mass is 434 g/mol. The standard InChI is InChI=1S/C28H34O4/c1-19(2)10-8-11-20(3)12-9-13-21(4)16-17-23-24(29)18-25(30)26(28(23)32)27(31)22-14-6-5-7-15-22/h5-7,10,12,14-16,18,29-30,32H,8-9,11,13,17H2,1-4H3/b20-12+,21-16+. The van der Waals surface area contributed by atoms with E-state index in [2.05, 4.69) is 32.9 Å². The molecule has 3 N–H and O–H groups in total. The molecule has 0 fully saturated rings. The molecule has 0 aliphatic rings. The Morgan fingerprint density at radius 2 is 1.41 bits per heavy atom. The summed E-state index contributed by atoms with van der Waals surface area (Å²) in [6.07, 6.45) is 10.6. The van der Waals surface area contributed by atoms with Gasteiger partial charge in [-0.25, -0.2) is 0 Å². The smallest absolute Gasteiger partial charge is 0.200 e. The second-order valence-electron chi connectivity index (χ2n) is 8.48. The zero-order chi connectivity index (χ0) is 23.7. The summed E-state index contributed by atoms with van der Waals surface area (Å²) in [5.74, 6) is -1.54. The molecule has 2 aromatic carbocycles. The van der Waals surface area contributed by atoms with E-state index >= 15 is 0 Å². The highest BCUT2D eigenvalue weighted by molar-refractivity contribution is 6.12. The van der Waals surface area contributed by atoms with E-state index in [1.807, 2.05) is 13.0 Å². The Kier molecular flexibility index (Phi) is 9.33. The Morgan fingerprint density at radius 1 is 0.812 bits per heavy atom. The van der Waals surface area contributed by atoms with Crippen LogP contribution in [0.25, 0.3) is 0 Å². The average Bonchev–Trinajstić information content (AvgIpc) is 2.73. The molecule has 4 nitrogen and oxygen atoms in total. The van der Waals surface area contributed by atoms with Gasteiger partial charge in [0.25, 0.3) is 0 Å². The van der Waals surface area contributed by atoms with Crippen LogP contribution in [0.15, 0.2) is 71.3 Å². The number of benzene rings is 2. The number of hydrogen-bond acceptors (Lipinski definition) is 4. The minimum Gasteiger partial charge on any atom is -0.507 e. The van der Waals surface area contributed by atoms with Crippen LogP contribution >= 0.6 is 0 Å². The number of rotatable bonds is 10. The lowest BCUT2D eigenvalue weighted by molar-refractivity contribution is 0.103. The van der Waals surface area contributed by atoms with Gasteiger partial charge < -0.3 is 15.3 Å². The van der Waals surface area contributed by atoms with Gasteiger partial charge in [-0.2, -0.15) is 0 Å². The summed E-state index contributed by atoms with van der Waals surface area (Å²) >= 11 is 0. The maximum absolute atomic E-state index is 12.8. The highest BCUT2D eigenvalue weighted by Gasteiger charge is 2.23. The minimum absolute atomic E-state index is 0.190. The van der Waals surface area contributed by atoms with Gasteiger partial charge in [0.15, 0.2) is 0 Å². The topological polar surface area (TPSA) is 77.8 Å². The van der Waals surface area contributed by atoms with Crippen LogP contribution < -0.4 is 0 Å². The van der Waals surface area contributed by atoms with Crippen LogP contribution in [0.5, 0.6) is 17.2 Å². The highest BCUT2D eigenvalue weighted by atomic mass is 16.3. The highest BCUT2D eigenvalue weighted by Crippen LogP contribution is 2.39. The van der Waals surface area contributed by atoms with Crippen molar-refractivity contribution in [3.05, 3.63) is 88.0 Å². The van der Waals surface area contributed by atoms with Crippen LogP contribution in [-0.4, -0.2) is 21.1 Å². The molecule has 0 aliphatic heterocycles. The van der Waals surface area contributed by atoms with Crippen molar-refractivity contribution in [2.24, 2.45) is 0 Å². The first-order chi connectivity index (χ1) is 15.2. The first-order valence-electron chi connectivity index (χ1n) is 11.0. The number of hydrogen-bond donors (Lipinski definition) is 3. The molecule has 2 aromatic rings. The Balaban J connectivity index is 2.09. The number of aromatic hydroxyl groups is 3. The summed E-state index contributed by atoms with van der Waals surface area (Å²) in [5.41, 5.74) is 4.23. The van der Waals surface area contributed by atoms with E-state index in [4.69, 9.17) is 0 Å². The van der Waals surface area contributed by atoms with Crippen molar-refractivity contribution in [1.29, 1.82) is 0 Å². The fourth-order valence-corrected chi connectivity index (χ4v) is 3.46. The molecule has 0 aliphatic carbocycles. The molecule has 0 bridgehead atoms. The van der Waals surface area contributed by atoms with Gasteiger partial charge in [0.2, 0.25) is 5.78 Å². The van der Waals surface area contributed by atoms with Gasteiger partial charge in [-0.05, 0) is 59.8 Å². The summed E-state index contributed by atoms with van der Waals surface area (Å²) in [7, 11) is 0. The third-order valence-corrected chi connectivity index (χ3v) is 5.40. The first kappa shape index (κ1) is 25.0. The lowest BCUT2D eigenvalue weighted by Crippen LogP contribution is -2.04. The maximum atomic E-state index is 12.8. The largest absolute Gasteiger partial charge is 0.507 e. The van der Waals surface area contributed by atoms with Gasteiger partial charge in [-0.1, -0.05) is 65.3 Å². The zero-order valence-corrected chi connectivity index (χ0v) is 19.5. The van der Waals surface area contributed by atoms with Crippen molar-refractivity contribution in [2.75, 3.05) is 0 Å². The number of ketones is 1. The number of allylic oxidation sites excluding steroid dienone is 6. The van der Waals surface area contributed by atoms with E-state index in [1.54, 1.807) is 30.3 Å². The minimum atomic E-state index is -0.490. The van der Waals surface area contributed by atoms with E-state index in [-0.39, 0.29) is 29.0 Å². The molecule has 0 atom stereocenters. The molecule has 0 heterocycles. The van der Waals surface area contributed by atoms with Crippen LogP contribution in [0.2, 0.25) is 0 Å². The second-order valence-corrected chi connectivity index (χ2v) is 8.48. The van der Waals surface area contributed by atoms with Gasteiger partial charge in [0.1, 0.15) is 22.8 Å². The van der Waals surface area contributed by atoms with Gasteiger partial charge in [-0.3, -0.25) is 4.79 Å². The van der Waals surface area contributed by atoms with Crippen LogP contribution in [0, 0.1) is 0 Å². The Bertz CT molecular complexity index is 1020. The summed E-state index contributed by atoms with van der Waals surface area (Å²) in [6, 6.07) is 9.57. The third-order valence-electron chi connectivity index (χ3n) is 5.40. The van der Waals surface area contributed by atoms with Crippen LogP contribution in [0.3, 0.4) is 0 Å². The van der Waals surface area contributed by atoms with Crippen molar-refractivity contribution in [3.63, 3.8) is 0 Å². The van der Waals surface area contributed by atoms with Crippen molar-refractivity contribution in [2.45, 2.75) is 59.8 Å². The molecule has 0 saturated carbocycles. The Morgan fingerprint density at radius 3 is 2.03 bits per heavy atom. The fourth-order valence-electron chi connectivity index (χ4n) is 3.46. The van der Waals surface area contributed by atoms with Crippen LogP contribution in [-0.2, 0) is 6.42 Å². The molecule has 0 unspecified atom stereocenters. The second kappa shape index (κ2) is 11.9. The summed E-state index contributed by atoms with van der Waals surface area (Å²) in [4.78, 5) is 12.8. The maximum Gasteiger partial charge on any atom is 0.200 e. The molecule has 2 rings (SSSR count). The molecular weight excluding hydrogens is 400 g/mol. The summed E-state index contributed by atoms with van der Waals surface area (Å²) in [6.45, 7) is 8.38. The average molecular weight is 435 g/mol. The SMILES string of the molecule is CC(C)=CCC/C(C)=C/CC/C(C)=C/Cc1c(O)cc(O)c(C(=O)c2ccccc2)c1O. The summed E-state index contributed by atoms with van der Waals surface area (Å²) < 4.78 is 0. The van der Waals surface area contributed by atoms with Gasteiger partial charge >= 0.3 is 0 Å².